The molecule has 1 aliphatic heterocycles. The zero-order valence-corrected chi connectivity index (χ0v) is 11.2. The van der Waals surface area contributed by atoms with Crippen molar-refractivity contribution in [2.24, 2.45) is 0 Å². The maximum atomic E-state index is 5.96. The SMILES string of the molecule is CN1CCC(Nc2nc3ccc(Cl)cc3[nH]2)CC1. The molecule has 0 unspecified atom stereocenters. The summed E-state index contributed by atoms with van der Waals surface area (Å²) in [5.74, 6) is 0.849. The van der Waals surface area contributed by atoms with Crippen LogP contribution < -0.4 is 5.32 Å². The number of fused-ring (bicyclic) bond motifs is 1. The van der Waals surface area contributed by atoms with Gasteiger partial charge in [-0.25, -0.2) is 4.98 Å². The van der Waals surface area contributed by atoms with Crippen LogP contribution in [0.1, 0.15) is 12.8 Å². The molecule has 18 heavy (non-hydrogen) atoms. The molecule has 0 bridgehead atoms. The molecule has 1 aromatic heterocycles. The van der Waals surface area contributed by atoms with E-state index in [1.165, 1.54) is 0 Å². The second-order valence-electron chi connectivity index (χ2n) is 4.97. The van der Waals surface area contributed by atoms with Gasteiger partial charge in [0.1, 0.15) is 0 Å². The van der Waals surface area contributed by atoms with Crippen LogP contribution in [-0.2, 0) is 0 Å². The van der Waals surface area contributed by atoms with Gasteiger partial charge in [0.2, 0.25) is 5.95 Å². The number of nitrogens with zero attached hydrogens (tertiary/aromatic N) is 2. The van der Waals surface area contributed by atoms with Crippen LogP contribution in [0.4, 0.5) is 5.95 Å². The van der Waals surface area contributed by atoms with Gasteiger partial charge in [0.05, 0.1) is 11.0 Å². The highest BCUT2D eigenvalue weighted by Gasteiger charge is 2.17. The van der Waals surface area contributed by atoms with Gasteiger partial charge < -0.3 is 15.2 Å². The molecule has 0 radical (unpaired) electrons. The Morgan fingerprint density at radius 2 is 2.17 bits per heavy atom. The van der Waals surface area contributed by atoms with Crippen molar-refractivity contribution in [3.8, 4) is 0 Å². The molecule has 96 valence electrons. The summed E-state index contributed by atoms with van der Waals surface area (Å²) in [6, 6.07) is 6.22. The number of likely N-dealkylation sites (tertiary alicyclic amines) is 1. The van der Waals surface area contributed by atoms with E-state index in [2.05, 4.69) is 27.2 Å². The molecule has 0 saturated carbocycles. The number of benzene rings is 1. The third kappa shape index (κ3) is 2.44. The number of anilines is 1. The lowest BCUT2D eigenvalue weighted by Crippen LogP contribution is -2.36. The maximum absolute atomic E-state index is 5.96. The smallest absolute Gasteiger partial charge is 0.201 e. The summed E-state index contributed by atoms with van der Waals surface area (Å²) in [5, 5.41) is 4.21. The first kappa shape index (κ1) is 11.8. The number of nitrogens with one attached hydrogen (secondary N) is 2. The Morgan fingerprint density at radius 3 is 2.94 bits per heavy atom. The fraction of sp³-hybridized carbons (Fsp3) is 0.462. The Morgan fingerprint density at radius 1 is 1.39 bits per heavy atom. The van der Waals surface area contributed by atoms with Crippen molar-refractivity contribution in [1.29, 1.82) is 0 Å². The van der Waals surface area contributed by atoms with Crippen molar-refractivity contribution >= 4 is 28.6 Å². The van der Waals surface area contributed by atoms with Crippen molar-refractivity contribution in [2.45, 2.75) is 18.9 Å². The van der Waals surface area contributed by atoms with Crippen molar-refractivity contribution in [1.82, 2.24) is 14.9 Å². The van der Waals surface area contributed by atoms with Gasteiger partial charge >= 0.3 is 0 Å². The second-order valence-corrected chi connectivity index (χ2v) is 5.41. The third-order valence-electron chi connectivity index (χ3n) is 3.50. The van der Waals surface area contributed by atoms with Crippen LogP contribution in [-0.4, -0.2) is 41.0 Å². The molecule has 5 heteroatoms. The molecule has 0 amide bonds. The fourth-order valence-corrected chi connectivity index (χ4v) is 2.57. The first-order chi connectivity index (χ1) is 8.70. The van der Waals surface area contributed by atoms with Crippen LogP contribution in [0.2, 0.25) is 5.02 Å². The maximum Gasteiger partial charge on any atom is 0.201 e. The molecule has 2 heterocycles. The molecular weight excluding hydrogens is 248 g/mol. The Kier molecular flexibility index (Phi) is 3.14. The number of hydrogen-bond acceptors (Lipinski definition) is 3. The number of aromatic nitrogens is 2. The average molecular weight is 265 g/mol. The number of imidazole rings is 1. The van der Waals surface area contributed by atoms with E-state index in [9.17, 15) is 0 Å². The number of halogens is 1. The minimum atomic E-state index is 0.511. The van der Waals surface area contributed by atoms with Crippen LogP contribution in [0, 0.1) is 0 Å². The average Bonchev–Trinajstić information content (AvgIpc) is 2.73. The Bertz CT molecular complexity index is 543. The van der Waals surface area contributed by atoms with Gasteiger partial charge in [-0.2, -0.15) is 0 Å². The molecule has 0 spiro atoms. The highest BCUT2D eigenvalue weighted by atomic mass is 35.5. The third-order valence-corrected chi connectivity index (χ3v) is 3.74. The lowest BCUT2D eigenvalue weighted by molar-refractivity contribution is 0.263. The first-order valence-electron chi connectivity index (χ1n) is 6.31. The van der Waals surface area contributed by atoms with Crippen molar-refractivity contribution in [2.75, 3.05) is 25.5 Å². The monoisotopic (exact) mass is 264 g/mol. The Labute approximate surface area is 111 Å². The van der Waals surface area contributed by atoms with E-state index in [0.29, 0.717) is 6.04 Å². The predicted octanol–water partition coefficient (Wildman–Crippen LogP) is 2.72. The van der Waals surface area contributed by atoms with E-state index in [1.807, 2.05) is 18.2 Å². The molecule has 1 aliphatic rings. The number of rotatable bonds is 2. The van der Waals surface area contributed by atoms with E-state index in [0.717, 1.165) is 47.9 Å². The Hall–Kier alpha value is -1.26. The molecule has 1 aromatic carbocycles. The number of piperidine rings is 1. The van der Waals surface area contributed by atoms with E-state index in [-0.39, 0.29) is 0 Å². The molecule has 1 fully saturated rings. The van der Waals surface area contributed by atoms with Crippen molar-refractivity contribution in [3.05, 3.63) is 23.2 Å². The lowest BCUT2D eigenvalue weighted by atomic mass is 10.1. The summed E-state index contributed by atoms with van der Waals surface area (Å²) < 4.78 is 0. The molecule has 0 aliphatic carbocycles. The zero-order chi connectivity index (χ0) is 12.5. The van der Waals surface area contributed by atoms with E-state index < -0.39 is 0 Å². The van der Waals surface area contributed by atoms with Crippen LogP contribution in [0.25, 0.3) is 11.0 Å². The van der Waals surface area contributed by atoms with E-state index in [1.54, 1.807) is 0 Å². The van der Waals surface area contributed by atoms with E-state index in [4.69, 9.17) is 11.6 Å². The zero-order valence-electron chi connectivity index (χ0n) is 10.4. The summed E-state index contributed by atoms with van der Waals surface area (Å²) in [5.41, 5.74) is 1.94. The molecule has 4 nitrogen and oxygen atoms in total. The molecule has 2 N–H and O–H groups in total. The van der Waals surface area contributed by atoms with Gasteiger partial charge in [-0.05, 0) is 51.2 Å². The molecule has 3 rings (SSSR count). The van der Waals surface area contributed by atoms with Gasteiger partial charge in [-0.15, -0.1) is 0 Å². The highest BCUT2D eigenvalue weighted by Crippen LogP contribution is 2.20. The molecule has 1 saturated heterocycles. The lowest BCUT2D eigenvalue weighted by Gasteiger charge is -2.29. The standard InChI is InChI=1S/C13H17ClN4/c1-18-6-4-10(5-7-18)15-13-16-11-3-2-9(14)8-12(11)17-13/h2-3,8,10H,4-7H2,1H3,(H2,15,16,17). The van der Waals surface area contributed by atoms with Gasteiger partial charge in [-0.3, -0.25) is 0 Å². The summed E-state index contributed by atoms with van der Waals surface area (Å²) in [6.45, 7) is 2.29. The number of hydrogen-bond donors (Lipinski definition) is 2. The normalized spacial score (nSPS) is 18.3. The minimum Gasteiger partial charge on any atom is -0.353 e. The number of aromatic amines is 1. The van der Waals surface area contributed by atoms with Gasteiger partial charge in [0, 0.05) is 11.1 Å². The topological polar surface area (TPSA) is 44.0 Å². The summed E-state index contributed by atoms with van der Waals surface area (Å²) >= 11 is 5.96. The van der Waals surface area contributed by atoms with Gasteiger partial charge in [-0.1, -0.05) is 11.6 Å². The van der Waals surface area contributed by atoms with Crippen molar-refractivity contribution < 1.29 is 0 Å². The van der Waals surface area contributed by atoms with Gasteiger partial charge in [0.15, 0.2) is 0 Å². The summed E-state index contributed by atoms with van der Waals surface area (Å²) in [7, 11) is 2.17. The highest BCUT2D eigenvalue weighted by molar-refractivity contribution is 6.31. The Balaban J connectivity index is 1.74. The van der Waals surface area contributed by atoms with Gasteiger partial charge in [0.25, 0.3) is 0 Å². The summed E-state index contributed by atoms with van der Waals surface area (Å²) in [6.07, 6.45) is 2.32. The van der Waals surface area contributed by atoms with Crippen LogP contribution in [0.15, 0.2) is 18.2 Å². The largest absolute Gasteiger partial charge is 0.353 e. The molecule has 2 aromatic rings. The second kappa shape index (κ2) is 4.78. The molecule has 0 atom stereocenters. The fourth-order valence-electron chi connectivity index (χ4n) is 2.40. The first-order valence-corrected chi connectivity index (χ1v) is 6.69. The molecular formula is C13H17ClN4. The van der Waals surface area contributed by atoms with E-state index >= 15 is 0 Å². The minimum absolute atomic E-state index is 0.511. The van der Waals surface area contributed by atoms with Crippen LogP contribution >= 0.6 is 11.6 Å². The predicted molar refractivity (Wildman–Crippen MR) is 75.2 cm³/mol. The quantitative estimate of drug-likeness (QED) is 0.877. The number of H-pyrrole nitrogens is 1. The van der Waals surface area contributed by atoms with Crippen molar-refractivity contribution in [3.63, 3.8) is 0 Å². The summed E-state index contributed by atoms with van der Waals surface area (Å²) in [4.78, 5) is 10.2. The van der Waals surface area contributed by atoms with Crippen LogP contribution in [0.5, 0.6) is 0 Å². The van der Waals surface area contributed by atoms with Crippen LogP contribution in [0.3, 0.4) is 0 Å².